The zero-order valence-corrected chi connectivity index (χ0v) is 10.2. The Morgan fingerprint density at radius 3 is 2.94 bits per heavy atom. The van der Waals surface area contributed by atoms with Gasteiger partial charge in [0.15, 0.2) is 0 Å². The topological polar surface area (TPSA) is 75.4 Å². The molecule has 2 amide bonds. The second kappa shape index (κ2) is 5.49. The summed E-state index contributed by atoms with van der Waals surface area (Å²) < 4.78 is 0. The second-order valence-electron chi connectivity index (χ2n) is 5.03. The standard InChI is InChI=1S/C12H21N3O2/c13-6-5-9-2-1-7-15(8-9)12(17)10-3-4-11(16)14-10/h9-10H,1-8,13H2,(H,14,16)/t9?,10-/m0/s1. The van der Waals surface area contributed by atoms with E-state index < -0.39 is 0 Å². The fourth-order valence-corrected chi connectivity index (χ4v) is 2.76. The van der Waals surface area contributed by atoms with Crippen molar-refractivity contribution in [3.8, 4) is 0 Å². The summed E-state index contributed by atoms with van der Waals surface area (Å²) in [5, 5.41) is 2.74. The molecular formula is C12H21N3O2. The summed E-state index contributed by atoms with van der Waals surface area (Å²) in [6.45, 7) is 2.32. The fourth-order valence-electron chi connectivity index (χ4n) is 2.76. The first-order valence-corrected chi connectivity index (χ1v) is 6.49. The molecule has 2 rings (SSSR count). The van der Waals surface area contributed by atoms with Crippen molar-refractivity contribution in [2.24, 2.45) is 11.7 Å². The van der Waals surface area contributed by atoms with Crippen LogP contribution in [0.15, 0.2) is 0 Å². The molecule has 1 unspecified atom stereocenters. The van der Waals surface area contributed by atoms with Crippen LogP contribution in [-0.4, -0.2) is 42.4 Å². The first kappa shape index (κ1) is 12.4. The molecule has 3 N–H and O–H groups in total. The number of rotatable bonds is 3. The molecule has 2 aliphatic rings. The quantitative estimate of drug-likeness (QED) is 0.719. The molecule has 0 aromatic rings. The average Bonchev–Trinajstić information content (AvgIpc) is 2.76. The SMILES string of the molecule is NCCC1CCCN(C(=O)[C@@H]2CCC(=O)N2)C1. The Morgan fingerprint density at radius 2 is 2.29 bits per heavy atom. The smallest absolute Gasteiger partial charge is 0.245 e. The molecule has 96 valence electrons. The van der Waals surface area contributed by atoms with Crippen molar-refractivity contribution in [3.05, 3.63) is 0 Å². The number of carbonyl (C=O) groups is 2. The number of nitrogens with one attached hydrogen (secondary N) is 1. The normalized spacial score (nSPS) is 29.2. The molecule has 0 bridgehead atoms. The van der Waals surface area contributed by atoms with Crippen LogP contribution >= 0.6 is 0 Å². The molecule has 17 heavy (non-hydrogen) atoms. The first-order valence-electron chi connectivity index (χ1n) is 6.49. The van der Waals surface area contributed by atoms with Crippen LogP contribution < -0.4 is 11.1 Å². The maximum absolute atomic E-state index is 12.2. The summed E-state index contributed by atoms with van der Waals surface area (Å²) in [6, 6.07) is -0.279. The number of nitrogens with zero attached hydrogens (tertiary/aromatic N) is 1. The van der Waals surface area contributed by atoms with E-state index in [1.807, 2.05) is 4.90 Å². The van der Waals surface area contributed by atoms with Crippen LogP contribution in [0.4, 0.5) is 0 Å². The van der Waals surface area contributed by atoms with Crippen LogP contribution in [0, 0.1) is 5.92 Å². The molecule has 0 saturated carbocycles. The highest BCUT2D eigenvalue weighted by Crippen LogP contribution is 2.21. The molecular weight excluding hydrogens is 218 g/mol. The highest BCUT2D eigenvalue weighted by Gasteiger charge is 2.32. The van der Waals surface area contributed by atoms with Crippen LogP contribution in [0.25, 0.3) is 0 Å². The molecule has 2 aliphatic heterocycles. The van der Waals surface area contributed by atoms with Crippen LogP contribution in [0.3, 0.4) is 0 Å². The van der Waals surface area contributed by atoms with Crippen LogP contribution in [0.5, 0.6) is 0 Å². The fraction of sp³-hybridized carbons (Fsp3) is 0.833. The van der Waals surface area contributed by atoms with Crippen molar-refractivity contribution >= 4 is 11.8 Å². The van der Waals surface area contributed by atoms with E-state index in [0.717, 1.165) is 32.4 Å². The maximum atomic E-state index is 12.2. The molecule has 2 heterocycles. The summed E-state index contributed by atoms with van der Waals surface area (Å²) in [7, 11) is 0. The Morgan fingerprint density at radius 1 is 1.47 bits per heavy atom. The van der Waals surface area contributed by atoms with E-state index in [1.165, 1.54) is 0 Å². The number of piperidine rings is 1. The van der Waals surface area contributed by atoms with E-state index in [9.17, 15) is 9.59 Å². The predicted molar refractivity (Wildman–Crippen MR) is 64.1 cm³/mol. The molecule has 0 aliphatic carbocycles. The zero-order valence-electron chi connectivity index (χ0n) is 10.2. The lowest BCUT2D eigenvalue weighted by atomic mass is 9.94. The molecule has 0 aromatic carbocycles. The van der Waals surface area contributed by atoms with Crippen molar-refractivity contribution in [2.75, 3.05) is 19.6 Å². The molecule has 0 radical (unpaired) electrons. The number of likely N-dealkylation sites (tertiary alicyclic amines) is 1. The van der Waals surface area contributed by atoms with E-state index in [4.69, 9.17) is 5.73 Å². The van der Waals surface area contributed by atoms with Gasteiger partial charge >= 0.3 is 0 Å². The third-order valence-electron chi connectivity index (χ3n) is 3.70. The highest BCUT2D eigenvalue weighted by molar-refractivity contribution is 5.90. The maximum Gasteiger partial charge on any atom is 0.245 e. The number of hydrogen-bond acceptors (Lipinski definition) is 3. The second-order valence-corrected chi connectivity index (χ2v) is 5.03. The Kier molecular flexibility index (Phi) is 3.99. The van der Waals surface area contributed by atoms with E-state index in [0.29, 0.717) is 25.3 Å². The lowest BCUT2D eigenvalue weighted by molar-refractivity contribution is -0.136. The summed E-state index contributed by atoms with van der Waals surface area (Å²) in [5.74, 6) is 0.631. The summed E-state index contributed by atoms with van der Waals surface area (Å²) in [6.07, 6.45) is 4.34. The van der Waals surface area contributed by atoms with Crippen molar-refractivity contribution in [1.82, 2.24) is 10.2 Å². The number of amides is 2. The van der Waals surface area contributed by atoms with Crippen molar-refractivity contribution < 1.29 is 9.59 Å². The van der Waals surface area contributed by atoms with E-state index >= 15 is 0 Å². The molecule has 2 atom stereocenters. The minimum absolute atomic E-state index is 0.00105. The van der Waals surface area contributed by atoms with Crippen molar-refractivity contribution in [3.63, 3.8) is 0 Å². The minimum atomic E-state index is -0.279. The van der Waals surface area contributed by atoms with Crippen molar-refractivity contribution in [2.45, 2.75) is 38.1 Å². The lowest BCUT2D eigenvalue weighted by Gasteiger charge is -2.34. The Bertz CT molecular complexity index is 304. The number of carbonyl (C=O) groups excluding carboxylic acids is 2. The Hall–Kier alpha value is -1.10. The van der Waals surface area contributed by atoms with Gasteiger partial charge in [0.25, 0.3) is 0 Å². The first-order chi connectivity index (χ1) is 8.20. The highest BCUT2D eigenvalue weighted by atomic mass is 16.2. The molecule has 0 aromatic heterocycles. The van der Waals surface area contributed by atoms with Gasteiger partial charge in [0.05, 0.1) is 0 Å². The van der Waals surface area contributed by atoms with Crippen LogP contribution in [0.1, 0.15) is 32.1 Å². The lowest BCUT2D eigenvalue weighted by Crippen LogP contribution is -2.48. The summed E-state index contributed by atoms with van der Waals surface area (Å²) in [4.78, 5) is 25.2. The van der Waals surface area contributed by atoms with E-state index in [1.54, 1.807) is 0 Å². The van der Waals surface area contributed by atoms with E-state index in [-0.39, 0.29) is 17.9 Å². The number of nitrogens with two attached hydrogens (primary N) is 1. The van der Waals surface area contributed by atoms with Gasteiger partial charge in [-0.2, -0.15) is 0 Å². The van der Waals surface area contributed by atoms with Crippen LogP contribution in [0.2, 0.25) is 0 Å². The van der Waals surface area contributed by atoms with Gasteiger partial charge in [-0.05, 0) is 38.1 Å². The third-order valence-corrected chi connectivity index (χ3v) is 3.70. The van der Waals surface area contributed by atoms with E-state index in [2.05, 4.69) is 5.32 Å². The third kappa shape index (κ3) is 2.97. The largest absolute Gasteiger partial charge is 0.344 e. The van der Waals surface area contributed by atoms with Gasteiger partial charge in [0.1, 0.15) is 6.04 Å². The molecule has 0 spiro atoms. The Labute approximate surface area is 102 Å². The van der Waals surface area contributed by atoms with Gasteiger partial charge < -0.3 is 16.0 Å². The summed E-state index contributed by atoms with van der Waals surface area (Å²) in [5.41, 5.74) is 5.56. The molecule has 2 fully saturated rings. The molecule has 5 nitrogen and oxygen atoms in total. The zero-order chi connectivity index (χ0) is 12.3. The Balaban J connectivity index is 1.88. The van der Waals surface area contributed by atoms with Gasteiger partial charge in [-0.25, -0.2) is 0 Å². The number of hydrogen-bond donors (Lipinski definition) is 2. The van der Waals surface area contributed by atoms with Crippen molar-refractivity contribution in [1.29, 1.82) is 0 Å². The van der Waals surface area contributed by atoms with Gasteiger partial charge in [0.2, 0.25) is 11.8 Å². The van der Waals surface area contributed by atoms with Crippen LogP contribution in [-0.2, 0) is 9.59 Å². The molecule has 5 heteroatoms. The van der Waals surface area contributed by atoms with Gasteiger partial charge in [-0.15, -0.1) is 0 Å². The summed E-state index contributed by atoms with van der Waals surface area (Å²) >= 11 is 0. The predicted octanol–water partition coefficient (Wildman–Crippen LogP) is -0.148. The van der Waals surface area contributed by atoms with Gasteiger partial charge in [0, 0.05) is 19.5 Å². The monoisotopic (exact) mass is 239 g/mol. The average molecular weight is 239 g/mol. The van der Waals surface area contributed by atoms with Gasteiger partial charge in [-0.1, -0.05) is 0 Å². The molecule has 2 saturated heterocycles. The minimum Gasteiger partial charge on any atom is -0.344 e. The van der Waals surface area contributed by atoms with Gasteiger partial charge in [-0.3, -0.25) is 9.59 Å².